The fraction of sp³-hybridized carbons (Fsp3) is 0.227. The van der Waals surface area contributed by atoms with Gasteiger partial charge in [-0.3, -0.25) is 9.59 Å². The molecule has 0 aliphatic rings. The molecule has 7 nitrogen and oxygen atoms in total. The lowest BCUT2D eigenvalue weighted by molar-refractivity contribution is -0.117. The Morgan fingerprint density at radius 1 is 1.00 bits per heavy atom. The maximum Gasteiger partial charge on any atom is 0.267 e. The number of rotatable bonds is 8. The minimum atomic E-state index is -0.389. The largest absolute Gasteiger partial charge is 0.494 e. The minimum absolute atomic E-state index is 0.218. The van der Waals surface area contributed by atoms with E-state index in [2.05, 4.69) is 10.4 Å². The fourth-order valence-electron chi connectivity index (χ4n) is 2.80. The fourth-order valence-corrected chi connectivity index (χ4v) is 2.80. The molecule has 150 valence electrons. The summed E-state index contributed by atoms with van der Waals surface area (Å²) in [5.41, 5.74) is 1.61. The van der Waals surface area contributed by atoms with Crippen molar-refractivity contribution in [2.24, 2.45) is 0 Å². The summed E-state index contributed by atoms with van der Waals surface area (Å²) in [5.74, 6) is 0.759. The highest BCUT2D eigenvalue weighted by atomic mass is 16.5. The van der Waals surface area contributed by atoms with Gasteiger partial charge in [0.25, 0.3) is 5.56 Å². The van der Waals surface area contributed by atoms with Crippen molar-refractivity contribution in [2.45, 2.75) is 20.4 Å². The minimum Gasteiger partial charge on any atom is -0.494 e. The molecule has 2 aromatic carbocycles. The van der Waals surface area contributed by atoms with E-state index in [4.69, 9.17) is 9.47 Å². The number of carbonyl (C=O) groups is 1. The highest BCUT2D eigenvalue weighted by molar-refractivity contribution is 5.92. The van der Waals surface area contributed by atoms with Crippen molar-refractivity contribution >= 4 is 11.6 Å². The quantitative estimate of drug-likeness (QED) is 0.635. The number of hydrogen-bond acceptors (Lipinski definition) is 5. The molecular formula is C22H23N3O4. The number of nitrogens with one attached hydrogen (secondary N) is 1. The van der Waals surface area contributed by atoms with Crippen LogP contribution in [0.4, 0.5) is 5.69 Å². The molecule has 3 rings (SSSR count). The summed E-state index contributed by atoms with van der Waals surface area (Å²) >= 11 is 0. The van der Waals surface area contributed by atoms with Crippen LogP contribution < -0.4 is 20.3 Å². The van der Waals surface area contributed by atoms with Gasteiger partial charge in [-0.1, -0.05) is 30.3 Å². The molecule has 29 heavy (non-hydrogen) atoms. The average Bonchev–Trinajstić information content (AvgIpc) is 2.72. The van der Waals surface area contributed by atoms with Crippen molar-refractivity contribution in [2.75, 3.05) is 18.5 Å². The third-order valence-electron chi connectivity index (χ3n) is 4.07. The highest BCUT2D eigenvalue weighted by Crippen LogP contribution is 2.29. The van der Waals surface area contributed by atoms with Crippen molar-refractivity contribution in [3.8, 4) is 22.8 Å². The summed E-state index contributed by atoms with van der Waals surface area (Å²) in [6, 6.07) is 17.7. The molecule has 3 aromatic rings. The van der Waals surface area contributed by atoms with Crippen LogP contribution in [0.3, 0.4) is 0 Å². The van der Waals surface area contributed by atoms with Crippen LogP contribution in [-0.4, -0.2) is 28.9 Å². The van der Waals surface area contributed by atoms with Gasteiger partial charge in [-0.2, -0.15) is 5.10 Å². The number of benzene rings is 2. The van der Waals surface area contributed by atoms with Gasteiger partial charge in [-0.05, 0) is 32.0 Å². The molecule has 0 unspecified atom stereocenters. The lowest BCUT2D eigenvalue weighted by atomic mass is 10.1. The van der Waals surface area contributed by atoms with Crippen molar-refractivity contribution in [3.05, 3.63) is 71.0 Å². The molecule has 0 saturated carbocycles. The first-order chi connectivity index (χ1) is 14.1. The smallest absolute Gasteiger partial charge is 0.267 e. The van der Waals surface area contributed by atoms with Crippen molar-refractivity contribution in [3.63, 3.8) is 0 Å². The topological polar surface area (TPSA) is 82.4 Å². The Morgan fingerprint density at radius 3 is 2.48 bits per heavy atom. The summed E-state index contributed by atoms with van der Waals surface area (Å²) < 4.78 is 12.2. The van der Waals surface area contributed by atoms with Gasteiger partial charge in [0.05, 0.1) is 24.6 Å². The molecule has 0 radical (unpaired) electrons. The monoisotopic (exact) mass is 393 g/mol. The van der Waals surface area contributed by atoms with Crippen LogP contribution in [0.15, 0.2) is 65.5 Å². The Labute approximate surface area is 168 Å². The molecule has 0 fully saturated rings. The van der Waals surface area contributed by atoms with Gasteiger partial charge < -0.3 is 14.8 Å². The highest BCUT2D eigenvalue weighted by Gasteiger charge is 2.12. The number of ether oxygens (including phenoxy) is 2. The molecule has 0 atom stereocenters. The average molecular weight is 393 g/mol. The third-order valence-corrected chi connectivity index (χ3v) is 4.07. The standard InChI is InChI=1S/C22H23N3O4/c1-3-28-17-10-12-20(29-4-2)19(14-17)23-21(26)15-25-22(27)13-11-18(24-25)16-8-6-5-7-9-16/h5-14H,3-4,15H2,1-2H3,(H,23,26). The van der Waals surface area contributed by atoms with Gasteiger partial charge >= 0.3 is 0 Å². The normalized spacial score (nSPS) is 10.4. The van der Waals surface area contributed by atoms with Crippen LogP contribution in [0.25, 0.3) is 11.3 Å². The van der Waals surface area contributed by atoms with E-state index in [1.54, 1.807) is 24.3 Å². The van der Waals surface area contributed by atoms with Crippen LogP contribution in [0, 0.1) is 0 Å². The molecule has 0 spiro atoms. The molecule has 0 aliphatic carbocycles. The number of aromatic nitrogens is 2. The van der Waals surface area contributed by atoms with Crippen molar-refractivity contribution < 1.29 is 14.3 Å². The lowest BCUT2D eigenvalue weighted by Gasteiger charge is -2.14. The number of amides is 1. The SMILES string of the molecule is CCOc1ccc(OCC)c(NC(=O)Cn2nc(-c3ccccc3)ccc2=O)c1. The van der Waals surface area contributed by atoms with Gasteiger partial charge in [0.2, 0.25) is 5.91 Å². The molecule has 0 aliphatic heterocycles. The van der Waals surface area contributed by atoms with Crippen LogP contribution in [-0.2, 0) is 11.3 Å². The number of nitrogens with zero attached hydrogens (tertiary/aromatic N) is 2. The van der Waals surface area contributed by atoms with Crippen LogP contribution in [0.1, 0.15) is 13.8 Å². The van der Waals surface area contributed by atoms with Gasteiger partial charge in [0.15, 0.2) is 0 Å². The number of carbonyl (C=O) groups excluding carboxylic acids is 1. The summed E-state index contributed by atoms with van der Waals surface area (Å²) in [5, 5.41) is 7.10. The van der Waals surface area contributed by atoms with Crippen molar-refractivity contribution in [1.82, 2.24) is 9.78 Å². The molecule has 1 N–H and O–H groups in total. The van der Waals surface area contributed by atoms with Gasteiger partial charge in [-0.25, -0.2) is 4.68 Å². The second kappa shape index (κ2) is 9.54. The molecular weight excluding hydrogens is 370 g/mol. The maximum atomic E-state index is 12.6. The molecule has 0 saturated heterocycles. The van der Waals surface area contributed by atoms with Crippen LogP contribution in [0.2, 0.25) is 0 Å². The first-order valence-corrected chi connectivity index (χ1v) is 9.43. The van der Waals surface area contributed by atoms with E-state index in [1.807, 2.05) is 44.2 Å². The van der Waals surface area contributed by atoms with Crippen molar-refractivity contribution in [1.29, 1.82) is 0 Å². The zero-order valence-electron chi connectivity index (χ0n) is 16.4. The molecule has 1 aromatic heterocycles. The van der Waals surface area contributed by atoms with E-state index in [9.17, 15) is 9.59 Å². The molecule has 1 amide bonds. The predicted octanol–water partition coefficient (Wildman–Crippen LogP) is 3.35. The summed E-state index contributed by atoms with van der Waals surface area (Å²) in [4.78, 5) is 24.8. The van der Waals surface area contributed by atoms with E-state index in [0.717, 1.165) is 10.2 Å². The molecule has 0 bridgehead atoms. The van der Waals surface area contributed by atoms with E-state index < -0.39 is 0 Å². The summed E-state index contributed by atoms with van der Waals surface area (Å²) in [6.45, 7) is 4.49. The second-order valence-corrected chi connectivity index (χ2v) is 6.15. The van der Waals surface area contributed by atoms with Crippen LogP contribution >= 0.6 is 0 Å². The number of anilines is 1. The van der Waals surface area contributed by atoms with Crippen LogP contribution in [0.5, 0.6) is 11.5 Å². The zero-order chi connectivity index (χ0) is 20.6. The predicted molar refractivity (Wildman–Crippen MR) is 111 cm³/mol. The van der Waals surface area contributed by atoms with E-state index in [1.165, 1.54) is 6.07 Å². The zero-order valence-corrected chi connectivity index (χ0v) is 16.4. The van der Waals surface area contributed by atoms with Gasteiger partial charge in [-0.15, -0.1) is 0 Å². The first kappa shape index (κ1) is 20.1. The number of hydrogen-bond donors (Lipinski definition) is 1. The Morgan fingerprint density at radius 2 is 1.76 bits per heavy atom. The summed E-state index contributed by atoms with van der Waals surface area (Å²) in [6.07, 6.45) is 0. The van der Waals surface area contributed by atoms with Gasteiger partial charge in [0, 0.05) is 17.7 Å². The van der Waals surface area contributed by atoms with E-state index >= 15 is 0 Å². The Hall–Kier alpha value is -3.61. The molecule has 7 heteroatoms. The Bertz CT molecular complexity index is 1030. The van der Waals surface area contributed by atoms with E-state index in [-0.39, 0.29) is 18.0 Å². The first-order valence-electron chi connectivity index (χ1n) is 9.43. The van der Waals surface area contributed by atoms with Gasteiger partial charge in [0.1, 0.15) is 18.0 Å². The maximum absolute atomic E-state index is 12.6. The Balaban J connectivity index is 1.81. The third kappa shape index (κ3) is 5.22. The lowest BCUT2D eigenvalue weighted by Crippen LogP contribution is -2.29. The van der Waals surface area contributed by atoms with E-state index in [0.29, 0.717) is 36.1 Å². The molecule has 1 heterocycles. The second-order valence-electron chi connectivity index (χ2n) is 6.15. The Kier molecular flexibility index (Phi) is 6.63. The summed E-state index contributed by atoms with van der Waals surface area (Å²) in [7, 11) is 0.